The van der Waals surface area contributed by atoms with Crippen LogP contribution in [0.5, 0.6) is 0 Å². The molecule has 0 aromatic carbocycles. The van der Waals surface area contributed by atoms with E-state index in [4.69, 9.17) is 0 Å². The Kier molecular flexibility index (Phi) is 5.34. The summed E-state index contributed by atoms with van der Waals surface area (Å²) in [5, 5.41) is 9.23. The molecule has 0 heterocycles. The zero-order valence-corrected chi connectivity index (χ0v) is 8.24. The molecule has 1 nitrogen and oxygen atoms in total. The van der Waals surface area contributed by atoms with E-state index in [-0.39, 0.29) is 6.10 Å². The number of allylic oxidation sites excluding steroid dienone is 2. The van der Waals surface area contributed by atoms with Crippen molar-refractivity contribution in [2.24, 2.45) is 0 Å². The smallest absolute Gasteiger partial charge is 0.0820 e. The van der Waals surface area contributed by atoms with Crippen LogP contribution in [-0.4, -0.2) is 11.2 Å². The maximum atomic E-state index is 9.23. The van der Waals surface area contributed by atoms with Crippen molar-refractivity contribution in [2.75, 3.05) is 0 Å². The van der Waals surface area contributed by atoms with Gasteiger partial charge >= 0.3 is 0 Å². The Morgan fingerprint density at radius 3 is 2.55 bits per heavy atom. The molecular weight excluding hydrogens is 156 g/mol. The van der Waals surface area contributed by atoms with E-state index >= 15 is 0 Å². The van der Waals surface area contributed by atoms with E-state index in [1.165, 1.54) is 0 Å². The van der Waals surface area contributed by atoms with Crippen LogP contribution >= 0.6 is 11.8 Å². The van der Waals surface area contributed by atoms with Crippen LogP contribution in [0.3, 0.4) is 0 Å². The summed E-state index contributed by atoms with van der Waals surface area (Å²) in [5.74, 6) is 0. The SMILES string of the molecule is C=C(CC)S/C(=C\C)C(C)O. The lowest BCUT2D eigenvalue weighted by Gasteiger charge is -2.09. The number of aliphatic hydroxyl groups excluding tert-OH is 1. The van der Waals surface area contributed by atoms with Gasteiger partial charge in [-0.05, 0) is 25.2 Å². The predicted octanol–water partition coefficient (Wildman–Crippen LogP) is 2.93. The first-order valence-electron chi connectivity index (χ1n) is 3.81. The van der Waals surface area contributed by atoms with Crippen molar-refractivity contribution in [3.8, 4) is 0 Å². The number of hydrogen-bond acceptors (Lipinski definition) is 2. The van der Waals surface area contributed by atoms with Gasteiger partial charge in [-0.1, -0.05) is 31.3 Å². The largest absolute Gasteiger partial charge is 0.388 e. The van der Waals surface area contributed by atoms with Gasteiger partial charge in [-0.2, -0.15) is 0 Å². The highest BCUT2D eigenvalue weighted by Crippen LogP contribution is 2.28. The van der Waals surface area contributed by atoms with E-state index in [0.29, 0.717) is 0 Å². The summed E-state index contributed by atoms with van der Waals surface area (Å²) < 4.78 is 0. The monoisotopic (exact) mass is 172 g/mol. The van der Waals surface area contributed by atoms with Gasteiger partial charge < -0.3 is 5.11 Å². The lowest BCUT2D eigenvalue weighted by Crippen LogP contribution is -2.00. The molecule has 1 N–H and O–H groups in total. The Hall–Kier alpha value is -0.210. The van der Waals surface area contributed by atoms with Gasteiger partial charge in [-0.3, -0.25) is 0 Å². The number of thioether (sulfide) groups is 1. The van der Waals surface area contributed by atoms with Gasteiger partial charge in [0.25, 0.3) is 0 Å². The van der Waals surface area contributed by atoms with Crippen molar-refractivity contribution in [1.29, 1.82) is 0 Å². The molecule has 11 heavy (non-hydrogen) atoms. The van der Waals surface area contributed by atoms with Crippen LogP contribution < -0.4 is 0 Å². The molecule has 0 spiro atoms. The fourth-order valence-corrected chi connectivity index (χ4v) is 1.39. The lowest BCUT2D eigenvalue weighted by atomic mass is 10.4. The van der Waals surface area contributed by atoms with E-state index in [1.807, 2.05) is 13.0 Å². The molecule has 0 bridgehead atoms. The molecule has 0 radical (unpaired) electrons. The third-order valence-corrected chi connectivity index (χ3v) is 2.74. The van der Waals surface area contributed by atoms with Crippen LogP contribution in [0.25, 0.3) is 0 Å². The van der Waals surface area contributed by atoms with Crippen LogP contribution in [0.1, 0.15) is 27.2 Å². The van der Waals surface area contributed by atoms with Gasteiger partial charge in [0.15, 0.2) is 0 Å². The molecule has 0 aliphatic heterocycles. The lowest BCUT2D eigenvalue weighted by molar-refractivity contribution is 0.240. The molecule has 0 saturated heterocycles. The summed E-state index contributed by atoms with van der Waals surface area (Å²) in [6, 6.07) is 0. The van der Waals surface area contributed by atoms with Crippen LogP contribution in [0.2, 0.25) is 0 Å². The fourth-order valence-electron chi connectivity index (χ4n) is 0.624. The zero-order valence-electron chi connectivity index (χ0n) is 7.42. The van der Waals surface area contributed by atoms with E-state index in [0.717, 1.165) is 16.2 Å². The van der Waals surface area contributed by atoms with E-state index in [2.05, 4.69) is 13.5 Å². The first-order chi connectivity index (χ1) is 5.11. The Bertz CT molecular complexity index is 159. The third-order valence-electron chi connectivity index (χ3n) is 1.35. The minimum atomic E-state index is -0.367. The molecule has 0 aliphatic carbocycles. The zero-order chi connectivity index (χ0) is 8.85. The Morgan fingerprint density at radius 2 is 2.27 bits per heavy atom. The summed E-state index contributed by atoms with van der Waals surface area (Å²) in [5.41, 5.74) is 0. The second-order valence-electron chi connectivity index (χ2n) is 2.36. The summed E-state index contributed by atoms with van der Waals surface area (Å²) in [7, 11) is 0. The molecule has 64 valence electrons. The molecule has 0 fully saturated rings. The van der Waals surface area contributed by atoms with Crippen molar-refractivity contribution in [1.82, 2.24) is 0 Å². The van der Waals surface area contributed by atoms with Crippen LogP contribution in [-0.2, 0) is 0 Å². The molecule has 0 rings (SSSR count). The average molecular weight is 172 g/mol. The number of aliphatic hydroxyl groups is 1. The summed E-state index contributed by atoms with van der Waals surface area (Å²) in [6.07, 6.45) is 2.51. The van der Waals surface area contributed by atoms with E-state index in [9.17, 15) is 5.11 Å². The minimum absolute atomic E-state index is 0.367. The summed E-state index contributed by atoms with van der Waals surface area (Å²) >= 11 is 1.57. The number of rotatable bonds is 4. The van der Waals surface area contributed by atoms with Crippen LogP contribution in [0, 0.1) is 0 Å². The van der Waals surface area contributed by atoms with Crippen molar-refractivity contribution < 1.29 is 5.11 Å². The quantitative estimate of drug-likeness (QED) is 0.703. The Labute approximate surface area is 73.2 Å². The van der Waals surface area contributed by atoms with Crippen molar-refractivity contribution in [3.63, 3.8) is 0 Å². The van der Waals surface area contributed by atoms with Crippen LogP contribution in [0.15, 0.2) is 22.5 Å². The molecule has 1 unspecified atom stereocenters. The van der Waals surface area contributed by atoms with E-state index < -0.39 is 0 Å². The molecular formula is C9H16OS. The third kappa shape index (κ3) is 4.27. The summed E-state index contributed by atoms with van der Waals surface area (Å²) in [4.78, 5) is 2.08. The van der Waals surface area contributed by atoms with Gasteiger partial charge in [0.1, 0.15) is 0 Å². The maximum absolute atomic E-state index is 9.23. The summed E-state index contributed by atoms with van der Waals surface area (Å²) in [6.45, 7) is 9.61. The molecule has 0 aromatic rings. The highest BCUT2D eigenvalue weighted by Gasteiger charge is 2.04. The average Bonchev–Trinajstić information content (AvgIpc) is 1.99. The van der Waals surface area contributed by atoms with Gasteiger partial charge in [0.05, 0.1) is 6.10 Å². The molecule has 0 aromatic heterocycles. The standard InChI is InChI=1S/C9H16OS/c1-5-7(3)11-9(6-2)8(4)10/h6,8,10H,3,5H2,1-2,4H3/b9-6-. The second kappa shape index (κ2) is 5.44. The number of hydrogen-bond donors (Lipinski definition) is 1. The first kappa shape index (κ1) is 10.8. The van der Waals surface area contributed by atoms with Gasteiger partial charge in [-0.25, -0.2) is 0 Å². The Morgan fingerprint density at radius 1 is 1.73 bits per heavy atom. The fraction of sp³-hybridized carbons (Fsp3) is 0.556. The van der Waals surface area contributed by atoms with Crippen molar-refractivity contribution in [3.05, 3.63) is 22.5 Å². The molecule has 0 amide bonds. The minimum Gasteiger partial charge on any atom is -0.388 e. The topological polar surface area (TPSA) is 20.2 Å². The molecule has 0 aliphatic rings. The maximum Gasteiger partial charge on any atom is 0.0820 e. The molecule has 2 heteroatoms. The van der Waals surface area contributed by atoms with Crippen LogP contribution in [0.4, 0.5) is 0 Å². The predicted molar refractivity (Wildman–Crippen MR) is 52.5 cm³/mol. The van der Waals surface area contributed by atoms with Crippen molar-refractivity contribution >= 4 is 11.8 Å². The molecule has 1 atom stereocenters. The highest BCUT2D eigenvalue weighted by atomic mass is 32.2. The Balaban J connectivity index is 4.00. The highest BCUT2D eigenvalue weighted by molar-refractivity contribution is 8.06. The first-order valence-corrected chi connectivity index (χ1v) is 4.63. The second-order valence-corrected chi connectivity index (χ2v) is 3.61. The van der Waals surface area contributed by atoms with Crippen molar-refractivity contribution in [2.45, 2.75) is 33.3 Å². The van der Waals surface area contributed by atoms with Gasteiger partial charge in [0.2, 0.25) is 0 Å². The van der Waals surface area contributed by atoms with Gasteiger partial charge in [0, 0.05) is 4.91 Å². The molecule has 0 saturated carbocycles. The normalized spacial score (nSPS) is 14.7. The van der Waals surface area contributed by atoms with E-state index in [1.54, 1.807) is 18.7 Å². The van der Waals surface area contributed by atoms with Gasteiger partial charge in [-0.15, -0.1) is 0 Å².